The van der Waals surface area contributed by atoms with E-state index in [9.17, 15) is 9.59 Å². The summed E-state index contributed by atoms with van der Waals surface area (Å²) in [7, 11) is -1.80. The molecule has 0 saturated carbocycles. The molecule has 0 amide bonds. The fourth-order valence-electron chi connectivity index (χ4n) is 0.865. The third kappa shape index (κ3) is 11.4. The van der Waals surface area contributed by atoms with Gasteiger partial charge in [0.2, 0.25) is 0 Å². The maximum Gasteiger partial charge on any atom is 0.331 e. The lowest BCUT2D eigenvalue weighted by Crippen LogP contribution is -2.42. The van der Waals surface area contributed by atoms with Crippen LogP contribution in [0.1, 0.15) is 34.6 Å². The van der Waals surface area contributed by atoms with Crippen LogP contribution in [0.4, 0.5) is 0 Å². The van der Waals surface area contributed by atoms with E-state index in [2.05, 4.69) is 38.6 Å². The van der Waals surface area contributed by atoms with E-state index in [4.69, 9.17) is 14.3 Å². The second-order valence-corrected chi connectivity index (χ2v) is 10.6. The summed E-state index contributed by atoms with van der Waals surface area (Å²) >= 11 is 0. The number of aliphatic hydroxyl groups is 1. The van der Waals surface area contributed by atoms with Crippen LogP contribution in [0.5, 0.6) is 0 Å². The lowest BCUT2D eigenvalue weighted by atomic mass is 10.2. The van der Waals surface area contributed by atoms with Crippen molar-refractivity contribution in [1.82, 2.24) is 0 Å². The minimum absolute atomic E-state index is 0.0876. The van der Waals surface area contributed by atoms with Gasteiger partial charge in [-0.25, -0.2) is 9.59 Å². The van der Waals surface area contributed by atoms with E-state index >= 15 is 0 Å². The van der Waals surface area contributed by atoms with Crippen molar-refractivity contribution in [3.63, 3.8) is 0 Å². The number of aliphatic hydroxyl groups excluding tert-OH is 1. The molecule has 1 N–H and O–H groups in total. The van der Waals surface area contributed by atoms with Crippen LogP contribution in [0.25, 0.3) is 0 Å². The summed E-state index contributed by atoms with van der Waals surface area (Å²) in [6.45, 7) is 14.5. The molecule has 0 radical (unpaired) electrons. The van der Waals surface area contributed by atoms with E-state index in [0.29, 0.717) is 13.2 Å². The number of ether oxygens (including phenoxy) is 2. The topological polar surface area (TPSA) is 82.1 Å². The van der Waals surface area contributed by atoms with Crippen molar-refractivity contribution < 1.29 is 28.6 Å². The first-order valence-electron chi connectivity index (χ1n) is 7.07. The molecule has 0 heterocycles. The zero-order valence-electron chi connectivity index (χ0n) is 14.3. The first-order chi connectivity index (χ1) is 9.51. The number of hydrogen-bond donors (Lipinski definition) is 1. The highest BCUT2D eigenvalue weighted by molar-refractivity contribution is 6.74. The van der Waals surface area contributed by atoms with Gasteiger partial charge in [0.15, 0.2) is 8.32 Å². The molecule has 0 rings (SSSR count). The second kappa shape index (κ2) is 10.8. The van der Waals surface area contributed by atoms with Crippen molar-refractivity contribution in [1.29, 1.82) is 0 Å². The highest BCUT2D eigenvalue weighted by Gasteiger charge is 2.37. The van der Waals surface area contributed by atoms with Gasteiger partial charge in [0.1, 0.15) is 13.2 Å². The SMILES string of the molecule is CCOC(=O)CO.CCOC(=O)CO[Si](C)(C)C(C)(C)C. The molecule has 0 aliphatic heterocycles. The van der Waals surface area contributed by atoms with Crippen molar-refractivity contribution >= 4 is 20.3 Å². The number of carbonyl (C=O) groups is 2. The monoisotopic (exact) mass is 322 g/mol. The summed E-state index contributed by atoms with van der Waals surface area (Å²) in [5.41, 5.74) is 0. The molecule has 6 nitrogen and oxygen atoms in total. The first-order valence-corrected chi connectivity index (χ1v) is 9.98. The fourth-order valence-corrected chi connectivity index (χ4v) is 1.78. The number of rotatable bonds is 6. The van der Waals surface area contributed by atoms with Gasteiger partial charge in [0, 0.05) is 0 Å². The van der Waals surface area contributed by atoms with E-state index < -0.39 is 20.9 Å². The Morgan fingerprint density at radius 1 is 1.00 bits per heavy atom. The molecule has 0 aromatic rings. The zero-order chi connectivity index (χ0) is 17.1. The summed E-state index contributed by atoms with van der Waals surface area (Å²) in [6, 6.07) is 0. The smallest absolute Gasteiger partial charge is 0.331 e. The van der Waals surface area contributed by atoms with Crippen LogP contribution >= 0.6 is 0 Å². The molecule has 0 aliphatic carbocycles. The van der Waals surface area contributed by atoms with E-state index in [-0.39, 0.29) is 17.6 Å². The number of hydrogen-bond acceptors (Lipinski definition) is 6. The molecule has 126 valence electrons. The van der Waals surface area contributed by atoms with Crippen LogP contribution in [0.15, 0.2) is 0 Å². The Morgan fingerprint density at radius 3 is 1.71 bits per heavy atom. The molecule has 7 heteroatoms. The summed E-state index contributed by atoms with van der Waals surface area (Å²) in [6.07, 6.45) is 0. The first kappa shape index (κ1) is 22.4. The van der Waals surface area contributed by atoms with E-state index in [1.165, 1.54) is 0 Å². The summed E-state index contributed by atoms with van der Waals surface area (Å²) < 4.78 is 14.8. The number of esters is 2. The van der Waals surface area contributed by atoms with Crippen molar-refractivity contribution in [2.45, 2.75) is 52.8 Å². The van der Waals surface area contributed by atoms with Crippen LogP contribution in [0, 0.1) is 0 Å². The minimum Gasteiger partial charge on any atom is -0.464 e. The summed E-state index contributed by atoms with van der Waals surface area (Å²) in [4.78, 5) is 21.0. The quantitative estimate of drug-likeness (QED) is 0.596. The molecule has 0 fully saturated rings. The predicted octanol–water partition coefficient (Wildman–Crippen LogP) is 2.11. The highest BCUT2D eigenvalue weighted by Crippen LogP contribution is 2.36. The molecule has 0 unspecified atom stereocenters. The van der Waals surface area contributed by atoms with Gasteiger partial charge in [-0.1, -0.05) is 20.8 Å². The molecular formula is C14H30O6Si. The van der Waals surface area contributed by atoms with E-state index in [1.54, 1.807) is 13.8 Å². The Balaban J connectivity index is 0. The van der Waals surface area contributed by atoms with Crippen LogP contribution in [-0.4, -0.2) is 51.8 Å². The van der Waals surface area contributed by atoms with Gasteiger partial charge in [-0.2, -0.15) is 0 Å². The van der Waals surface area contributed by atoms with Crippen molar-refractivity contribution in [2.24, 2.45) is 0 Å². The Bertz CT molecular complexity index is 309. The Morgan fingerprint density at radius 2 is 1.43 bits per heavy atom. The Labute approximate surface area is 128 Å². The summed E-state index contributed by atoms with van der Waals surface area (Å²) in [5, 5.41) is 8.13. The minimum atomic E-state index is -1.80. The van der Waals surface area contributed by atoms with Gasteiger partial charge in [-0.3, -0.25) is 0 Å². The van der Waals surface area contributed by atoms with Crippen LogP contribution < -0.4 is 0 Å². The van der Waals surface area contributed by atoms with Gasteiger partial charge < -0.3 is 19.0 Å². The average molecular weight is 322 g/mol. The van der Waals surface area contributed by atoms with Gasteiger partial charge in [0.25, 0.3) is 0 Å². The maximum absolute atomic E-state index is 11.1. The van der Waals surface area contributed by atoms with E-state index in [1.807, 2.05) is 0 Å². The number of carbonyl (C=O) groups excluding carboxylic acids is 2. The van der Waals surface area contributed by atoms with Crippen molar-refractivity contribution in [3.05, 3.63) is 0 Å². The van der Waals surface area contributed by atoms with Crippen molar-refractivity contribution in [3.8, 4) is 0 Å². The maximum atomic E-state index is 11.1. The molecule has 0 aromatic heterocycles. The normalized spacial score (nSPS) is 11.2. The molecule has 0 atom stereocenters. The molecule has 21 heavy (non-hydrogen) atoms. The third-order valence-corrected chi connectivity index (χ3v) is 7.58. The van der Waals surface area contributed by atoms with Gasteiger partial charge in [-0.15, -0.1) is 0 Å². The Hall–Kier alpha value is -0.923. The third-order valence-electron chi connectivity index (χ3n) is 3.10. The van der Waals surface area contributed by atoms with Gasteiger partial charge >= 0.3 is 11.9 Å². The second-order valence-electron chi connectivity index (χ2n) is 5.82. The Kier molecular flexibility index (Phi) is 11.4. The molecule has 0 aliphatic rings. The zero-order valence-corrected chi connectivity index (χ0v) is 15.3. The van der Waals surface area contributed by atoms with E-state index in [0.717, 1.165) is 0 Å². The van der Waals surface area contributed by atoms with Crippen LogP contribution in [-0.2, 0) is 23.5 Å². The largest absolute Gasteiger partial charge is 0.464 e. The highest BCUT2D eigenvalue weighted by atomic mass is 28.4. The molecule has 0 aromatic carbocycles. The standard InChI is InChI=1S/C10H22O3Si.C4H8O3/c1-7-12-9(11)8-13-14(5,6)10(2,3)4;1-2-7-4(6)3-5/h7-8H2,1-6H3;5H,2-3H2,1H3. The van der Waals surface area contributed by atoms with Crippen LogP contribution in [0.3, 0.4) is 0 Å². The lowest BCUT2D eigenvalue weighted by Gasteiger charge is -2.35. The summed E-state index contributed by atoms with van der Waals surface area (Å²) in [5.74, 6) is -0.833. The average Bonchev–Trinajstić information content (AvgIpc) is 2.36. The lowest BCUT2D eigenvalue weighted by molar-refractivity contribution is -0.146. The van der Waals surface area contributed by atoms with Crippen LogP contribution in [0.2, 0.25) is 18.1 Å². The van der Waals surface area contributed by atoms with Crippen molar-refractivity contribution in [2.75, 3.05) is 26.4 Å². The molecule has 0 saturated heterocycles. The van der Waals surface area contributed by atoms with Gasteiger partial charge in [0.05, 0.1) is 13.2 Å². The fraction of sp³-hybridized carbons (Fsp3) is 0.857. The predicted molar refractivity (Wildman–Crippen MR) is 83.5 cm³/mol. The molecular weight excluding hydrogens is 292 g/mol. The molecule has 0 bridgehead atoms. The molecule has 0 spiro atoms. The van der Waals surface area contributed by atoms with Gasteiger partial charge in [-0.05, 0) is 32.0 Å².